The second kappa shape index (κ2) is 5.05. The third-order valence-corrected chi connectivity index (χ3v) is 4.09. The second-order valence-corrected chi connectivity index (χ2v) is 5.20. The predicted molar refractivity (Wildman–Crippen MR) is 76.2 cm³/mol. The van der Waals surface area contributed by atoms with Crippen LogP contribution in [0.1, 0.15) is 28.5 Å². The molecule has 0 fully saturated rings. The van der Waals surface area contributed by atoms with Gasteiger partial charge in [-0.2, -0.15) is 0 Å². The summed E-state index contributed by atoms with van der Waals surface area (Å²) in [5.74, 6) is -4.59. The van der Waals surface area contributed by atoms with E-state index in [2.05, 4.69) is 0 Å². The zero-order valence-electron chi connectivity index (χ0n) is 11.1. The third kappa shape index (κ3) is 2.09. The van der Waals surface area contributed by atoms with Gasteiger partial charge in [0.1, 0.15) is 0 Å². The first-order chi connectivity index (χ1) is 10.1. The van der Waals surface area contributed by atoms with E-state index in [1.54, 1.807) is 12.1 Å². The number of rotatable bonds is 3. The maximum atomic E-state index is 11.7. The van der Waals surface area contributed by atoms with E-state index in [1.807, 2.05) is 42.5 Å². The topological polar surface area (TPSA) is 74.6 Å². The standard InChI is InChI=1S/C17H14O4/c18-16(19)14-12-9-5-4-8-11(12)13(15(14)17(20)21)10-6-2-1-3-7-10/h1-9,13-15H,(H,18,19)(H,20,21). The summed E-state index contributed by atoms with van der Waals surface area (Å²) in [6, 6.07) is 16.3. The number of carboxylic acid groups (broad SMARTS) is 2. The van der Waals surface area contributed by atoms with Crippen molar-refractivity contribution in [1.82, 2.24) is 0 Å². The number of aliphatic carboxylic acids is 2. The van der Waals surface area contributed by atoms with E-state index < -0.39 is 29.7 Å². The number of hydrogen-bond acceptors (Lipinski definition) is 2. The Bertz CT molecular complexity index is 693. The second-order valence-electron chi connectivity index (χ2n) is 5.20. The first-order valence-corrected chi connectivity index (χ1v) is 6.70. The summed E-state index contributed by atoms with van der Waals surface area (Å²) in [4.78, 5) is 23.3. The number of hydrogen-bond donors (Lipinski definition) is 2. The van der Waals surface area contributed by atoms with Crippen molar-refractivity contribution >= 4 is 11.9 Å². The van der Waals surface area contributed by atoms with Crippen LogP contribution in [0.5, 0.6) is 0 Å². The fourth-order valence-corrected chi connectivity index (χ4v) is 3.28. The number of fused-ring (bicyclic) bond motifs is 1. The Kier molecular flexibility index (Phi) is 3.22. The molecule has 1 aliphatic rings. The van der Waals surface area contributed by atoms with Crippen LogP contribution in [0, 0.1) is 5.92 Å². The zero-order valence-corrected chi connectivity index (χ0v) is 11.1. The van der Waals surface area contributed by atoms with Gasteiger partial charge in [-0.3, -0.25) is 9.59 Å². The van der Waals surface area contributed by atoms with E-state index in [1.165, 1.54) is 0 Å². The lowest BCUT2D eigenvalue weighted by Gasteiger charge is -2.19. The molecule has 0 radical (unpaired) electrons. The predicted octanol–water partition coefficient (Wildman–Crippen LogP) is 2.70. The van der Waals surface area contributed by atoms with Gasteiger partial charge in [-0.1, -0.05) is 54.6 Å². The minimum Gasteiger partial charge on any atom is -0.481 e. The number of carboxylic acids is 2. The summed E-state index contributed by atoms with van der Waals surface area (Å²) in [7, 11) is 0. The SMILES string of the molecule is O=C(O)C1c2ccccc2C(c2ccccc2)C1C(=O)O. The Morgan fingerprint density at radius 3 is 1.90 bits per heavy atom. The Hall–Kier alpha value is -2.62. The highest BCUT2D eigenvalue weighted by Crippen LogP contribution is 2.49. The molecule has 3 atom stereocenters. The quantitative estimate of drug-likeness (QED) is 0.907. The molecule has 2 aromatic rings. The number of benzene rings is 2. The van der Waals surface area contributed by atoms with Crippen molar-refractivity contribution in [3.8, 4) is 0 Å². The molecule has 106 valence electrons. The summed E-state index contributed by atoms with van der Waals surface area (Å²) < 4.78 is 0. The Morgan fingerprint density at radius 2 is 1.33 bits per heavy atom. The molecule has 0 aromatic heterocycles. The summed E-state index contributed by atoms with van der Waals surface area (Å²) >= 11 is 0. The molecule has 1 aliphatic carbocycles. The Labute approximate surface area is 121 Å². The van der Waals surface area contributed by atoms with Crippen LogP contribution in [0.4, 0.5) is 0 Å². The average Bonchev–Trinajstić information content (AvgIpc) is 2.83. The van der Waals surface area contributed by atoms with Crippen molar-refractivity contribution in [2.45, 2.75) is 11.8 Å². The highest BCUT2D eigenvalue weighted by Gasteiger charge is 2.48. The molecule has 4 nitrogen and oxygen atoms in total. The zero-order chi connectivity index (χ0) is 15.0. The van der Waals surface area contributed by atoms with Gasteiger partial charge in [0.15, 0.2) is 0 Å². The van der Waals surface area contributed by atoms with Crippen LogP contribution in [0.2, 0.25) is 0 Å². The maximum Gasteiger partial charge on any atom is 0.311 e. The van der Waals surface area contributed by atoms with Gasteiger partial charge in [-0.25, -0.2) is 0 Å². The van der Waals surface area contributed by atoms with E-state index in [4.69, 9.17) is 0 Å². The van der Waals surface area contributed by atoms with Gasteiger partial charge in [-0.05, 0) is 16.7 Å². The molecule has 0 saturated heterocycles. The molecule has 21 heavy (non-hydrogen) atoms. The molecule has 2 N–H and O–H groups in total. The van der Waals surface area contributed by atoms with Crippen LogP contribution < -0.4 is 0 Å². The molecule has 0 spiro atoms. The molecular weight excluding hydrogens is 268 g/mol. The van der Waals surface area contributed by atoms with Crippen LogP contribution in [0.15, 0.2) is 54.6 Å². The van der Waals surface area contributed by atoms with Crippen LogP contribution in [-0.4, -0.2) is 22.2 Å². The van der Waals surface area contributed by atoms with Crippen LogP contribution in [0.25, 0.3) is 0 Å². The summed E-state index contributed by atoms with van der Waals surface area (Å²) in [5.41, 5.74) is 2.23. The van der Waals surface area contributed by atoms with Crippen molar-refractivity contribution in [1.29, 1.82) is 0 Å². The van der Waals surface area contributed by atoms with Gasteiger partial charge in [0.25, 0.3) is 0 Å². The Morgan fingerprint density at radius 1 is 0.762 bits per heavy atom. The van der Waals surface area contributed by atoms with E-state index in [9.17, 15) is 19.8 Å². The highest BCUT2D eigenvalue weighted by atomic mass is 16.4. The Balaban J connectivity index is 2.22. The number of carbonyl (C=O) groups is 2. The fourth-order valence-electron chi connectivity index (χ4n) is 3.28. The van der Waals surface area contributed by atoms with Gasteiger partial charge < -0.3 is 10.2 Å². The molecule has 3 rings (SSSR count). The maximum absolute atomic E-state index is 11.7. The van der Waals surface area contributed by atoms with Gasteiger partial charge in [0.2, 0.25) is 0 Å². The van der Waals surface area contributed by atoms with Crippen molar-refractivity contribution in [3.63, 3.8) is 0 Å². The minimum atomic E-state index is -1.09. The normalized spacial score (nSPS) is 23.5. The van der Waals surface area contributed by atoms with E-state index >= 15 is 0 Å². The van der Waals surface area contributed by atoms with Crippen LogP contribution in [0.3, 0.4) is 0 Å². The average molecular weight is 282 g/mol. The third-order valence-electron chi connectivity index (χ3n) is 4.09. The summed E-state index contributed by atoms with van der Waals surface area (Å²) in [6.07, 6.45) is 0. The van der Waals surface area contributed by atoms with Crippen LogP contribution in [-0.2, 0) is 9.59 Å². The molecule has 2 aromatic carbocycles. The van der Waals surface area contributed by atoms with Crippen LogP contribution >= 0.6 is 0 Å². The monoisotopic (exact) mass is 282 g/mol. The van der Waals surface area contributed by atoms with Gasteiger partial charge >= 0.3 is 11.9 Å². The molecule has 0 amide bonds. The molecule has 4 heteroatoms. The van der Waals surface area contributed by atoms with Crippen molar-refractivity contribution in [2.24, 2.45) is 5.92 Å². The molecule has 3 unspecified atom stereocenters. The largest absolute Gasteiger partial charge is 0.481 e. The van der Waals surface area contributed by atoms with E-state index in [0.29, 0.717) is 5.56 Å². The highest BCUT2D eigenvalue weighted by molar-refractivity contribution is 5.88. The van der Waals surface area contributed by atoms with Crippen molar-refractivity contribution in [3.05, 3.63) is 71.3 Å². The minimum absolute atomic E-state index is 0.430. The lowest BCUT2D eigenvalue weighted by Crippen LogP contribution is -2.27. The lowest BCUT2D eigenvalue weighted by molar-refractivity contribution is -0.150. The lowest BCUT2D eigenvalue weighted by atomic mass is 9.82. The van der Waals surface area contributed by atoms with Crippen molar-refractivity contribution in [2.75, 3.05) is 0 Å². The van der Waals surface area contributed by atoms with E-state index in [-0.39, 0.29) is 0 Å². The van der Waals surface area contributed by atoms with Crippen molar-refractivity contribution < 1.29 is 19.8 Å². The first-order valence-electron chi connectivity index (χ1n) is 6.70. The molecular formula is C17H14O4. The van der Waals surface area contributed by atoms with Gasteiger partial charge in [-0.15, -0.1) is 0 Å². The molecule has 0 heterocycles. The fraction of sp³-hybridized carbons (Fsp3) is 0.176. The first kappa shape index (κ1) is 13.4. The van der Waals surface area contributed by atoms with E-state index in [0.717, 1.165) is 11.1 Å². The van der Waals surface area contributed by atoms with Gasteiger partial charge in [0, 0.05) is 5.92 Å². The summed E-state index contributed by atoms with van der Waals surface area (Å²) in [5, 5.41) is 19.1. The summed E-state index contributed by atoms with van der Waals surface area (Å²) in [6.45, 7) is 0. The molecule has 0 saturated carbocycles. The smallest absolute Gasteiger partial charge is 0.311 e. The molecule has 0 bridgehead atoms. The molecule has 0 aliphatic heterocycles. The van der Waals surface area contributed by atoms with Gasteiger partial charge in [0.05, 0.1) is 11.8 Å².